The number of hydrogen-bond donors (Lipinski definition) is 0. The molecule has 0 bridgehead atoms. The summed E-state index contributed by atoms with van der Waals surface area (Å²) in [6, 6.07) is 12.3. The molecule has 0 fully saturated rings. The molecular formula is C13H10BrFO. The summed E-state index contributed by atoms with van der Waals surface area (Å²) in [4.78, 5) is 0. The molecule has 0 aliphatic carbocycles. The van der Waals surface area contributed by atoms with Crippen LogP contribution >= 0.6 is 15.9 Å². The van der Waals surface area contributed by atoms with Crippen LogP contribution in [0.1, 0.15) is 0 Å². The molecule has 0 aliphatic heterocycles. The lowest BCUT2D eigenvalue weighted by Gasteiger charge is -2.10. The second-order valence-corrected chi connectivity index (χ2v) is 4.15. The Morgan fingerprint density at radius 3 is 2.50 bits per heavy atom. The summed E-state index contributed by atoms with van der Waals surface area (Å²) >= 11 is 3.35. The first-order valence-electron chi connectivity index (χ1n) is 4.81. The zero-order chi connectivity index (χ0) is 11.5. The number of ether oxygens (including phenoxy) is 1. The van der Waals surface area contributed by atoms with Crippen LogP contribution in [0.5, 0.6) is 5.75 Å². The van der Waals surface area contributed by atoms with E-state index in [0.717, 1.165) is 10.0 Å². The Hall–Kier alpha value is -1.35. The molecular weight excluding hydrogens is 271 g/mol. The molecule has 82 valence electrons. The normalized spacial score (nSPS) is 10.2. The van der Waals surface area contributed by atoms with Crippen molar-refractivity contribution in [3.63, 3.8) is 0 Å². The van der Waals surface area contributed by atoms with Crippen LogP contribution < -0.4 is 4.74 Å². The highest BCUT2D eigenvalue weighted by Crippen LogP contribution is 2.36. The van der Waals surface area contributed by atoms with E-state index in [1.807, 2.05) is 30.3 Å². The van der Waals surface area contributed by atoms with Gasteiger partial charge in [-0.2, -0.15) is 0 Å². The van der Waals surface area contributed by atoms with Crippen molar-refractivity contribution in [1.29, 1.82) is 0 Å². The number of benzene rings is 2. The third kappa shape index (κ3) is 1.95. The SMILES string of the molecule is COc1ccccc1-c1c(F)cccc1Br. The summed E-state index contributed by atoms with van der Waals surface area (Å²) < 4.78 is 19.7. The van der Waals surface area contributed by atoms with Crippen molar-refractivity contribution in [2.75, 3.05) is 7.11 Å². The second kappa shape index (κ2) is 4.66. The van der Waals surface area contributed by atoms with Gasteiger partial charge in [-0.05, 0) is 18.2 Å². The minimum Gasteiger partial charge on any atom is -0.496 e. The largest absolute Gasteiger partial charge is 0.496 e. The van der Waals surface area contributed by atoms with Gasteiger partial charge in [0.05, 0.1) is 7.11 Å². The van der Waals surface area contributed by atoms with Gasteiger partial charge in [0.25, 0.3) is 0 Å². The Balaban J connectivity index is 2.67. The molecule has 2 rings (SSSR count). The lowest BCUT2D eigenvalue weighted by atomic mass is 10.0. The van der Waals surface area contributed by atoms with Crippen LogP contribution in [-0.2, 0) is 0 Å². The van der Waals surface area contributed by atoms with Gasteiger partial charge >= 0.3 is 0 Å². The highest BCUT2D eigenvalue weighted by molar-refractivity contribution is 9.10. The molecule has 0 N–H and O–H groups in total. The highest BCUT2D eigenvalue weighted by Gasteiger charge is 2.12. The first kappa shape index (κ1) is 11.1. The molecule has 2 aromatic rings. The maximum Gasteiger partial charge on any atom is 0.132 e. The Labute approximate surface area is 102 Å². The molecule has 0 spiro atoms. The maximum absolute atomic E-state index is 13.8. The van der Waals surface area contributed by atoms with Crippen molar-refractivity contribution >= 4 is 15.9 Å². The van der Waals surface area contributed by atoms with Gasteiger partial charge in [-0.25, -0.2) is 4.39 Å². The Morgan fingerprint density at radius 1 is 1.06 bits per heavy atom. The third-order valence-corrected chi connectivity index (χ3v) is 3.00. The van der Waals surface area contributed by atoms with Crippen molar-refractivity contribution in [2.24, 2.45) is 0 Å². The zero-order valence-corrected chi connectivity index (χ0v) is 10.3. The van der Waals surface area contributed by atoms with Crippen LogP contribution in [0.4, 0.5) is 4.39 Å². The van der Waals surface area contributed by atoms with Gasteiger partial charge in [-0.15, -0.1) is 0 Å². The fraction of sp³-hybridized carbons (Fsp3) is 0.0769. The summed E-state index contributed by atoms with van der Waals surface area (Å²) in [6.45, 7) is 0. The molecule has 16 heavy (non-hydrogen) atoms. The standard InChI is InChI=1S/C13H10BrFO/c1-16-12-8-3-2-5-9(12)13-10(14)6-4-7-11(13)15/h2-8H,1H3. The average Bonchev–Trinajstić information content (AvgIpc) is 2.29. The van der Waals surface area contributed by atoms with Crippen molar-refractivity contribution < 1.29 is 9.13 Å². The molecule has 0 aliphatic rings. The van der Waals surface area contributed by atoms with E-state index in [0.29, 0.717) is 11.3 Å². The molecule has 2 aromatic carbocycles. The maximum atomic E-state index is 13.8. The molecule has 0 atom stereocenters. The minimum atomic E-state index is -0.265. The van der Waals surface area contributed by atoms with E-state index in [2.05, 4.69) is 15.9 Å². The number of hydrogen-bond acceptors (Lipinski definition) is 1. The topological polar surface area (TPSA) is 9.23 Å². The molecule has 0 amide bonds. The van der Waals surface area contributed by atoms with Crippen LogP contribution in [0.15, 0.2) is 46.9 Å². The van der Waals surface area contributed by atoms with E-state index in [1.165, 1.54) is 6.07 Å². The van der Waals surface area contributed by atoms with Crippen molar-refractivity contribution in [3.8, 4) is 16.9 Å². The lowest BCUT2D eigenvalue weighted by Crippen LogP contribution is -1.91. The van der Waals surface area contributed by atoms with E-state index in [4.69, 9.17) is 4.74 Å². The van der Waals surface area contributed by atoms with Gasteiger partial charge in [-0.3, -0.25) is 0 Å². The fourth-order valence-corrected chi connectivity index (χ4v) is 2.16. The van der Waals surface area contributed by atoms with Gasteiger partial charge < -0.3 is 4.74 Å². The van der Waals surface area contributed by atoms with Gasteiger partial charge in [0, 0.05) is 15.6 Å². The Morgan fingerprint density at radius 2 is 1.81 bits per heavy atom. The van der Waals surface area contributed by atoms with Crippen molar-refractivity contribution in [2.45, 2.75) is 0 Å². The first-order valence-corrected chi connectivity index (χ1v) is 5.60. The number of halogens is 2. The number of methoxy groups -OCH3 is 1. The van der Waals surface area contributed by atoms with E-state index in [1.54, 1.807) is 13.2 Å². The molecule has 0 heterocycles. The third-order valence-electron chi connectivity index (χ3n) is 2.34. The van der Waals surface area contributed by atoms with Gasteiger partial charge in [0.15, 0.2) is 0 Å². The summed E-state index contributed by atoms with van der Waals surface area (Å²) in [6.07, 6.45) is 0. The van der Waals surface area contributed by atoms with E-state index in [-0.39, 0.29) is 5.82 Å². The summed E-state index contributed by atoms with van der Waals surface area (Å²) in [5, 5.41) is 0. The number of para-hydroxylation sites is 1. The highest BCUT2D eigenvalue weighted by atomic mass is 79.9. The molecule has 0 unspecified atom stereocenters. The Kier molecular flexibility index (Phi) is 3.25. The molecule has 1 nitrogen and oxygen atoms in total. The van der Waals surface area contributed by atoms with Crippen LogP contribution in [0, 0.1) is 5.82 Å². The fourth-order valence-electron chi connectivity index (χ4n) is 1.61. The van der Waals surface area contributed by atoms with E-state index in [9.17, 15) is 4.39 Å². The van der Waals surface area contributed by atoms with Crippen LogP contribution in [-0.4, -0.2) is 7.11 Å². The molecule has 0 aromatic heterocycles. The van der Waals surface area contributed by atoms with E-state index >= 15 is 0 Å². The summed E-state index contributed by atoms with van der Waals surface area (Å²) in [5.41, 5.74) is 1.27. The number of rotatable bonds is 2. The first-order chi connectivity index (χ1) is 7.74. The van der Waals surface area contributed by atoms with Crippen LogP contribution in [0.2, 0.25) is 0 Å². The van der Waals surface area contributed by atoms with Gasteiger partial charge in [-0.1, -0.05) is 40.2 Å². The molecule has 0 saturated carbocycles. The predicted molar refractivity (Wildman–Crippen MR) is 66.1 cm³/mol. The van der Waals surface area contributed by atoms with E-state index < -0.39 is 0 Å². The molecule has 0 saturated heterocycles. The van der Waals surface area contributed by atoms with Crippen molar-refractivity contribution in [1.82, 2.24) is 0 Å². The van der Waals surface area contributed by atoms with Gasteiger partial charge in [0.2, 0.25) is 0 Å². The average molecular weight is 281 g/mol. The zero-order valence-electron chi connectivity index (χ0n) is 8.71. The van der Waals surface area contributed by atoms with Crippen molar-refractivity contribution in [3.05, 3.63) is 52.8 Å². The quantitative estimate of drug-likeness (QED) is 0.799. The predicted octanol–water partition coefficient (Wildman–Crippen LogP) is 4.26. The minimum absolute atomic E-state index is 0.265. The van der Waals surface area contributed by atoms with Crippen LogP contribution in [0.3, 0.4) is 0 Å². The lowest BCUT2D eigenvalue weighted by molar-refractivity contribution is 0.416. The smallest absolute Gasteiger partial charge is 0.132 e. The summed E-state index contributed by atoms with van der Waals surface area (Å²) in [5.74, 6) is 0.396. The molecule has 3 heteroatoms. The summed E-state index contributed by atoms with van der Waals surface area (Å²) in [7, 11) is 1.58. The molecule has 0 radical (unpaired) electrons. The Bertz CT molecular complexity index is 491. The van der Waals surface area contributed by atoms with Gasteiger partial charge in [0.1, 0.15) is 11.6 Å². The monoisotopic (exact) mass is 280 g/mol. The second-order valence-electron chi connectivity index (χ2n) is 3.30. The van der Waals surface area contributed by atoms with Crippen LogP contribution in [0.25, 0.3) is 11.1 Å².